The minimum absolute atomic E-state index is 0.0825. The van der Waals surface area contributed by atoms with Gasteiger partial charge < -0.3 is 10.1 Å². The van der Waals surface area contributed by atoms with Gasteiger partial charge in [0.15, 0.2) is 0 Å². The van der Waals surface area contributed by atoms with Gasteiger partial charge in [0, 0.05) is 0 Å². The van der Waals surface area contributed by atoms with Gasteiger partial charge >= 0.3 is 0 Å². The van der Waals surface area contributed by atoms with Gasteiger partial charge in [-0.2, -0.15) is 5.26 Å². The van der Waals surface area contributed by atoms with Gasteiger partial charge in [-0.25, -0.2) is 0 Å². The van der Waals surface area contributed by atoms with E-state index < -0.39 is 5.54 Å². The van der Waals surface area contributed by atoms with Crippen LogP contribution >= 0.6 is 0 Å². The molecule has 1 fully saturated rings. The summed E-state index contributed by atoms with van der Waals surface area (Å²) in [6, 6.07) is 2.03. The molecule has 1 heterocycles. The van der Waals surface area contributed by atoms with Crippen molar-refractivity contribution in [1.82, 2.24) is 5.32 Å². The van der Waals surface area contributed by atoms with Gasteiger partial charge in [0.05, 0.1) is 24.7 Å². The highest BCUT2D eigenvalue weighted by atomic mass is 16.5. The quantitative estimate of drug-likeness (QED) is 0.711. The van der Waals surface area contributed by atoms with E-state index in [0.29, 0.717) is 6.61 Å². The van der Waals surface area contributed by atoms with Crippen molar-refractivity contribution in [1.29, 1.82) is 5.26 Å². The molecule has 0 aromatic heterocycles. The van der Waals surface area contributed by atoms with Crippen LogP contribution in [0.5, 0.6) is 0 Å². The third-order valence-corrected chi connectivity index (χ3v) is 2.28. The Hall–Kier alpha value is -1.08. The normalized spacial score (nSPS) is 27.0. The number of ether oxygens (including phenoxy) is 1. The Bertz CT molecular complexity index is 268. The molecule has 2 unspecified atom stereocenters. The van der Waals surface area contributed by atoms with Crippen LogP contribution in [-0.2, 0) is 9.53 Å². The first-order chi connectivity index (χ1) is 6.44. The smallest absolute Gasteiger partial charge is 0.226 e. The summed E-state index contributed by atoms with van der Waals surface area (Å²) in [5.74, 6) is -0.182. The molecule has 0 aromatic carbocycles. The lowest BCUT2D eigenvalue weighted by Crippen LogP contribution is -2.45. The average Bonchev–Trinajstić information content (AvgIpc) is 2.51. The fourth-order valence-corrected chi connectivity index (χ4v) is 1.44. The van der Waals surface area contributed by atoms with Crippen molar-refractivity contribution in [2.24, 2.45) is 5.92 Å². The van der Waals surface area contributed by atoms with Gasteiger partial charge in [-0.05, 0) is 27.2 Å². The summed E-state index contributed by atoms with van der Waals surface area (Å²) in [6.07, 6.45) is 0.892. The molecule has 1 N–H and O–H groups in total. The molecule has 0 aromatic rings. The van der Waals surface area contributed by atoms with Crippen molar-refractivity contribution in [2.45, 2.75) is 38.8 Å². The molecule has 78 valence electrons. The third-order valence-electron chi connectivity index (χ3n) is 2.28. The predicted octanol–water partition coefficient (Wildman–Crippen LogP) is 0.830. The maximum Gasteiger partial charge on any atom is 0.226 e. The zero-order valence-electron chi connectivity index (χ0n) is 8.83. The van der Waals surface area contributed by atoms with Crippen LogP contribution in [0.3, 0.4) is 0 Å². The Morgan fingerprint density at radius 1 is 1.64 bits per heavy atom. The molecule has 1 aliphatic heterocycles. The van der Waals surface area contributed by atoms with Gasteiger partial charge in [0.2, 0.25) is 5.91 Å². The zero-order valence-corrected chi connectivity index (χ0v) is 8.83. The summed E-state index contributed by atoms with van der Waals surface area (Å²) in [6.45, 7) is 5.78. The Labute approximate surface area is 84.2 Å². The summed E-state index contributed by atoms with van der Waals surface area (Å²) in [5.41, 5.74) is -0.789. The molecular weight excluding hydrogens is 180 g/mol. The van der Waals surface area contributed by atoms with Gasteiger partial charge in [-0.15, -0.1) is 0 Å². The van der Waals surface area contributed by atoms with Crippen LogP contribution in [0.1, 0.15) is 27.2 Å². The Kier molecular flexibility index (Phi) is 3.12. The Balaban J connectivity index is 2.48. The lowest BCUT2D eigenvalue weighted by Gasteiger charge is -2.19. The van der Waals surface area contributed by atoms with E-state index in [9.17, 15) is 4.79 Å². The standard InChI is InChI=1S/C10H16N2O2/c1-7-4-8(5-14-7)9(13)12-10(2,3)6-11/h7-8H,4-5H2,1-3H3,(H,12,13). The van der Waals surface area contributed by atoms with E-state index in [-0.39, 0.29) is 17.9 Å². The fraction of sp³-hybridized carbons (Fsp3) is 0.800. The van der Waals surface area contributed by atoms with Crippen molar-refractivity contribution in [3.8, 4) is 6.07 Å². The fourth-order valence-electron chi connectivity index (χ4n) is 1.44. The Morgan fingerprint density at radius 3 is 2.71 bits per heavy atom. The molecule has 4 heteroatoms. The monoisotopic (exact) mass is 196 g/mol. The second-order valence-corrected chi connectivity index (χ2v) is 4.30. The van der Waals surface area contributed by atoms with Gasteiger partial charge in [-0.3, -0.25) is 4.79 Å². The number of nitrogens with zero attached hydrogens (tertiary/aromatic N) is 1. The third kappa shape index (κ3) is 2.71. The van der Waals surface area contributed by atoms with E-state index >= 15 is 0 Å². The predicted molar refractivity (Wildman–Crippen MR) is 51.4 cm³/mol. The van der Waals surface area contributed by atoms with Crippen LogP contribution in [0.2, 0.25) is 0 Å². The van der Waals surface area contributed by atoms with E-state index in [1.165, 1.54) is 0 Å². The molecule has 0 saturated carbocycles. The van der Waals surface area contributed by atoms with Crippen LogP contribution in [-0.4, -0.2) is 24.2 Å². The van der Waals surface area contributed by atoms with Crippen molar-refractivity contribution >= 4 is 5.91 Å². The van der Waals surface area contributed by atoms with E-state index in [0.717, 1.165) is 6.42 Å². The van der Waals surface area contributed by atoms with Crippen LogP contribution in [0.25, 0.3) is 0 Å². The molecule has 4 nitrogen and oxygen atoms in total. The second-order valence-electron chi connectivity index (χ2n) is 4.30. The molecule has 1 aliphatic rings. The van der Waals surface area contributed by atoms with Crippen molar-refractivity contribution in [2.75, 3.05) is 6.61 Å². The summed E-state index contributed by atoms with van der Waals surface area (Å²) >= 11 is 0. The minimum atomic E-state index is -0.789. The van der Waals surface area contributed by atoms with Gasteiger partial charge in [0.1, 0.15) is 5.54 Å². The first-order valence-electron chi connectivity index (χ1n) is 4.79. The van der Waals surface area contributed by atoms with E-state index in [2.05, 4.69) is 5.32 Å². The van der Waals surface area contributed by atoms with Crippen LogP contribution < -0.4 is 5.32 Å². The first-order valence-corrected chi connectivity index (χ1v) is 4.79. The molecule has 1 rings (SSSR count). The number of amides is 1. The van der Waals surface area contributed by atoms with Gasteiger partial charge in [-0.1, -0.05) is 0 Å². The number of rotatable bonds is 2. The second kappa shape index (κ2) is 3.97. The molecule has 1 saturated heterocycles. The number of nitriles is 1. The van der Waals surface area contributed by atoms with Crippen molar-refractivity contribution in [3.63, 3.8) is 0 Å². The Morgan fingerprint density at radius 2 is 2.29 bits per heavy atom. The van der Waals surface area contributed by atoms with Crippen molar-refractivity contribution < 1.29 is 9.53 Å². The van der Waals surface area contributed by atoms with E-state index in [1.807, 2.05) is 13.0 Å². The summed E-state index contributed by atoms with van der Waals surface area (Å²) in [5, 5.41) is 11.4. The largest absolute Gasteiger partial charge is 0.378 e. The molecule has 2 atom stereocenters. The molecule has 0 bridgehead atoms. The van der Waals surface area contributed by atoms with Gasteiger partial charge in [0.25, 0.3) is 0 Å². The highest BCUT2D eigenvalue weighted by Gasteiger charge is 2.31. The number of carbonyl (C=O) groups is 1. The molecular formula is C10H16N2O2. The van der Waals surface area contributed by atoms with Crippen LogP contribution in [0.15, 0.2) is 0 Å². The minimum Gasteiger partial charge on any atom is -0.378 e. The number of hydrogen-bond acceptors (Lipinski definition) is 3. The summed E-state index contributed by atoms with van der Waals surface area (Å²) in [4.78, 5) is 11.6. The van der Waals surface area contributed by atoms with Crippen LogP contribution in [0, 0.1) is 17.2 Å². The van der Waals surface area contributed by atoms with E-state index in [1.54, 1.807) is 13.8 Å². The summed E-state index contributed by atoms with van der Waals surface area (Å²) in [7, 11) is 0. The maximum atomic E-state index is 11.6. The first kappa shape index (κ1) is 11.0. The number of hydrogen-bond donors (Lipinski definition) is 1. The highest BCUT2D eigenvalue weighted by Crippen LogP contribution is 2.19. The average molecular weight is 196 g/mol. The molecule has 0 radical (unpaired) electrons. The lowest BCUT2D eigenvalue weighted by molar-refractivity contribution is -0.126. The zero-order chi connectivity index (χ0) is 10.8. The molecule has 0 spiro atoms. The van der Waals surface area contributed by atoms with Crippen LogP contribution in [0.4, 0.5) is 0 Å². The lowest BCUT2D eigenvalue weighted by atomic mass is 10.0. The SMILES string of the molecule is CC1CC(C(=O)NC(C)(C)C#N)CO1. The van der Waals surface area contributed by atoms with Crippen molar-refractivity contribution in [3.05, 3.63) is 0 Å². The molecule has 0 aliphatic carbocycles. The number of carbonyl (C=O) groups excluding carboxylic acids is 1. The highest BCUT2D eigenvalue weighted by molar-refractivity contribution is 5.80. The summed E-state index contributed by atoms with van der Waals surface area (Å²) < 4.78 is 5.29. The topological polar surface area (TPSA) is 62.1 Å². The van der Waals surface area contributed by atoms with E-state index in [4.69, 9.17) is 10.00 Å². The number of nitrogens with one attached hydrogen (secondary N) is 1. The maximum absolute atomic E-state index is 11.6. The molecule has 1 amide bonds. The molecule has 14 heavy (non-hydrogen) atoms.